The summed E-state index contributed by atoms with van der Waals surface area (Å²) in [5, 5.41) is 5.60. The van der Waals surface area contributed by atoms with Crippen LogP contribution >= 0.6 is 15.9 Å². The summed E-state index contributed by atoms with van der Waals surface area (Å²) in [5.41, 5.74) is 0.762. The van der Waals surface area contributed by atoms with E-state index in [1.807, 2.05) is 42.3 Å². The minimum absolute atomic E-state index is 0.105. The fraction of sp³-hybridized carbons (Fsp3) is 0.353. The largest absolute Gasteiger partial charge is 0.337 e. The third-order valence-electron chi connectivity index (χ3n) is 4.19. The molecule has 4 heteroatoms. The molecule has 0 bridgehead atoms. The van der Waals surface area contributed by atoms with Crippen LogP contribution in [0.2, 0.25) is 0 Å². The number of carbonyl (C=O) groups excluding carboxylic acids is 1. The number of carbonyl (C=O) groups is 1. The number of fused-ring (bicyclic) bond motifs is 1. The third kappa shape index (κ3) is 3.11. The molecular weight excluding hydrogens is 328 g/mol. The average Bonchev–Trinajstić information content (AvgIpc) is 2.53. The molecule has 2 aromatic carbocycles. The third-order valence-corrected chi connectivity index (χ3v) is 4.68. The van der Waals surface area contributed by atoms with E-state index in [1.165, 1.54) is 0 Å². The first kappa shape index (κ1) is 14.5. The SMILES string of the molecule is CN(C(=O)c1ccc2cc(Br)ccc2c1)C1CCCNC1. The Hall–Kier alpha value is -1.39. The lowest BCUT2D eigenvalue weighted by molar-refractivity contribution is 0.0708. The quantitative estimate of drug-likeness (QED) is 0.903. The van der Waals surface area contributed by atoms with Crippen molar-refractivity contribution < 1.29 is 4.79 Å². The molecule has 0 spiro atoms. The lowest BCUT2D eigenvalue weighted by atomic mass is 10.0. The highest BCUT2D eigenvalue weighted by Crippen LogP contribution is 2.22. The molecule has 1 fully saturated rings. The van der Waals surface area contributed by atoms with E-state index < -0.39 is 0 Å². The van der Waals surface area contributed by atoms with Crippen LogP contribution in [0.4, 0.5) is 0 Å². The van der Waals surface area contributed by atoms with Crippen LogP contribution in [-0.4, -0.2) is 37.0 Å². The Morgan fingerprint density at radius 1 is 1.24 bits per heavy atom. The first-order valence-corrected chi connectivity index (χ1v) is 8.11. The Balaban J connectivity index is 1.85. The van der Waals surface area contributed by atoms with Crippen LogP contribution in [0.15, 0.2) is 40.9 Å². The number of halogens is 1. The zero-order valence-corrected chi connectivity index (χ0v) is 13.7. The number of nitrogens with zero attached hydrogens (tertiary/aromatic N) is 1. The van der Waals surface area contributed by atoms with Gasteiger partial charge in [0.2, 0.25) is 0 Å². The van der Waals surface area contributed by atoms with Gasteiger partial charge in [-0.05, 0) is 54.4 Å². The summed E-state index contributed by atoms with van der Waals surface area (Å²) in [6.07, 6.45) is 2.21. The van der Waals surface area contributed by atoms with Gasteiger partial charge < -0.3 is 10.2 Å². The van der Waals surface area contributed by atoms with Crippen LogP contribution in [0.25, 0.3) is 10.8 Å². The number of rotatable bonds is 2. The number of amides is 1. The van der Waals surface area contributed by atoms with E-state index in [0.717, 1.165) is 46.7 Å². The van der Waals surface area contributed by atoms with Crippen LogP contribution in [0.3, 0.4) is 0 Å². The number of nitrogens with one attached hydrogen (secondary N) is 1. The highest BCUT2D eigenvalue weighted by Gasteiger charge is 2.22. The Labute approximate surface area is 133 Å². The summed E-state index contributed by atoms with van der Waals surface area (Å²) in [7, 11) is 1.91. The van der Waals surface area contributed by atoms with Crippen molar-refractivity contribution in [3.8, 4) is 0 Å². The zero-order valence-electron chi connectivity index (χ0n) is 12.1. The van der Waals surface area contributed by atoms with Gasteiger partial charge in [-0.3, -0.25) is 4.79 Å². The van der Waals surface area contributed by atoms with Crippen molar-refractivity contribution in [1.82, 2.24) is 10.2 Å². The molecule has 3 nitrogen and oxygen atoms in total. The minimum atomic E-state index is 0.105. The fourth-order valence-electron chi connectivity index (χ4n) is 2.88. The van der Waals surface area contributed by atoms with E-state index in [0.29, 0.717) is 6.04 Å². The Morgan fingerprint density at radius 2 is 2.00 bits per heavy atom. The van der Waals surface area contributed by atoms with Gasteiger partial charge in [-0.25, -0.2) is 0 Å². The molecule has 0 radical (unpaired) electrons. The summed E-state index contributed by atoms with van der Waals surface area (Å²) in [4.78, 5) is 14.5. The summed E-state index contributed by atoms with van der Waals surface area (Å²) < 4.78 is 1.06. The maximum atomic E-state index is 12.6. The van der Waals surface area contributed by atoms with Crippen molar-refractivity contribution in [3.63, 3.8) is 0 Å². The summed E-state index contributed by atoms with van der Waals surface area (Å²) in [6, 6.07) is 12.3. The molecule has 21 heavy (non-hydrogen) atoms. The van der Waals surface area contributed by atoms with Gasteiger partial charge in [0.25, 0.3) is 5.91 Å². The molecule has 1 aliphatic rings. The monoisotopic (exact) mass is 346 g/mol. The van der Waals surface area contributed by atoms with E-state index in [9.17, 15) is 4.79 Å². The second-order valence-electron chi connectivity index (χ2n) is 5.62. The minimum Gasteiger partial charge on any atom is -0.337 e. The molecule has 1 unspecified atom stereocenters. The second-order valence-corrected chi connectivity index (χ2v) is 6.54. The summed E-state index contributed by atoms with van der Waals surface area (Å²) in [5.74, 6) is 0.105. The molecule has 3 rings (SSSR count). The van der Waals surface area contributed by atoms with E-state index in [-0.39, 0.29) is 5.91 Å². The van der Waals surface area contributed by atoms with Crippen molar-refractivity contribution >= 4 is 32.6 Å². The predicted octanol–water partition coefficient (Wildman–Crippen LogP) is 3.43. The molecule has 110 valence electrons. The standard InChI is InChI=1S/C17H19BrN2O/c1-20(16-3-2-8-19-11-16)17(21)14-5-4-13-10-15(18)7-6-12(13)9-14/h4-7,9-10,16,19H,2-3,8,11H2,1H3. The lowest BCUT2D eigenvalue weighted by Gasteiger charge is -2.31. The predicted molar refractivity (Wildman–Crippen MR) is 89.6 cm³/mol. The number of hydrogen-bond acceptors (Lipinski definition) is 2. The molecule has 1 aliphatic heterocycles. The van der Waals surface area contributed by atoms with E-state index in [2.05, 4.69) is 27.3 Å². The van der Waals surface area contributed by atoms with Crippen molar-refractivity contribution in [2.45, 2.75) is 18.9 Å². The average molecular weight is 347 g/mol. The number of piperidine rings is 1. The Bertz CT molecular complexity index is 665. The lowest BCUT2D eigenvalue weighted by Crippen LogP contribution is -2.46. The molecule has 0 aliphatic carbocycles. The molecule has 0 saturated carbocycles. The number of likely N-dealkylation sites (N-methyl/N-ethyl adjacent to an activating group) is 1. The van der Waals surface area contributed by atoms with Gasteiger partial charge in [-0.15, -0.1) is 0 Å². The molecule has 1 heterocycles. The van der Waals surface area contributed by atoms with Crippen molar-refractivity contribution in [2.75, 3.05) is 20.1 Å². The highest BCUT2D eigenvalue weighted by atomic mass is 79.9. The number of hydrogen-bond donors (Lipinski definition) is 1. The molecule has 1 N–H and O–H groups in total. The summed E-state index contributed by atoms with van der Waals surface area (Å²) in [6.45, 7) is 1.95. The first-order valence-electron chi connectivity index (χ1n) is 7.32. The van der Waals surface area contributed by atoms with E-state index >= 15 is 0 Å². The first-order chi connectivity index (χ1) is 10.1. The topological polar surface area (TPSA) is 32.3 Å². The Kier molecular flexibility index (Phi) is 4.27. The summed E-state index contributed by atoms with van der Waals surface area (Å²) >= 11 is 3.47. The maximum absolute atomic E-state index is 12.6. The van der Waals surface area contributed by atoms with Crippen molar-refractivity contribution in [2.24, 2.45) is 0 Å². The highest BCUT2D eigenvalue weighted by molar-refractivity contribution is 9.10. The van der Waals surface area contributed by atoms with Gasteiger partial charge in [0.1, 0.15) is 0 Å². The molecule has 2 aromatic rings. The van der Waals surface area contributed by atoms with Gasteiger partial charge in [0, 0.05) is 29.7 Å². The van der Waals surface area contributed by atoms with Gasteiger partial charge in [-0.1, -0.05) is 28.1 Å². The molecule has 1 amide bonds. The van der Waals surface area contributed by atoms with Crippen molar-refractivity contribution in [1.29, 1.82) is 0 Å². The molecule has 1 atom stereocenters. The smallest absolute Gasteiger partial charge is 0.253 e. The molecule has 1 saturated heterocycles. The van der Waals surface area contributed by atoms with Crippen LogP contribution in [0.5, 0.6) is 0 Å². The van der Waals surface area contributed by atoms with Gasteiger partial charge >= 0.3 is 0 Å². The van der Waals surface area contributed by atoms with E-state index in [1.54, 1.807) is 0 Å². The van der Waals surface area contributed by atoms with Crippen molar-refractivity contribution in [3.05, 3.63) is 46.4 Å². The van der Waals surface area contributed by atoms with Crippen LogP contribution in [-0.2, 0) is 0 Å². The molecule has 0 aromatic heterocycles. The van der Waals surface area contributed by atoms with Gasteiger partial charge in [0.15, 0.2) is 0 Å². The zero-order chi connectivity index (χ0) is 14.8. The van der Waals surface area contributed by atoms with E-state index in [4.69, 9.17) is 0 Å². The molecular formula is C17H19BrN2O. The number of benzene rings is 2. The van der Waals surface area contributed by atoms with Crippen LogP contribution in [0, 0.1) is 0 Å². The Morgan fingerprint density at radius 3 is 2.76 bits per heavy atom. The normalized spacial score (nSPS) is 18.7. The van der Waals surface area contributed by atoms with Gasteiger partial charge in [0.05, 0.1) is 0 Å². The van der Waals surface area contributed by atoms with Gasteiger partial charge in [-0.2, -0.15) is 0 Å². The maximum Gasteiger partial charge on any atom is 0.253 e. The second kappa shape index (κ2) is 6.16. The van der Waals surface area contributed by atoms with Crippen LogP contribution < -0.4 is 5.32 Å². The fourth-order valence-corrected chi connectivity index (χ4v) is 3.26. The van der Waals surface area contributed by atoms with Crippen LogP contribution in [0.1, 0.15) is 23.2 Å².